The Balaban J connectivity index is 1.46. The zero-order chi connectivity index (χ0) is 20.8. The fourth-order valence-electron chi connectivity index (χ4n) is 3.82. The Morgan fingerprint density at radius 2 is 1.79 bits per heavy atom. The standard InChI is InChI=1S/C21H27N3O5/c1-29-19(26)13-16-7-10-23(11-8-16)18(25)14-17-20(27)24(21(28)22-17)12-9-15-5-3-2-4-6-15/h2-6,16-17H,7-14H2,1H3,(H,22,28). The second-order valence-corrected chi connectivity index (χ2v) is 7.54. The van der Waals surface area contributed by atoms with Crippen LogP contribution in [0.2, 0.25) is 0 Å². The SMILES string of the molecule is COC(=O)CC1CCN(C(=O)CC2NC(=O)N(CCc3ccccc3)C2=O)CC1. The van der Waals surface area contributed by atoms with Gasteiger partial charge in [0.25, 0.3) is 5.91 Å². The predicted molar refractivity (Wildman–Crippen MR) is 105 cm³/mol. The van der Waals surface area contributed by atoms with E-state index in [1.807, 2.05) is 30.3 Å². The molecule has 1 unspecified atom stereocenters. The van der Waals surface area contributed by atoms with E-state index in [2.05, 4.69) is 5.32 Å². The molecule has 3 rings (SSSR count). The molecule has 4 amide bonds. The van der Waals surface area contributed by atoms with E-state index < -0.39 is 12.1 Å². The highest BCUT2D eigenvalue weighted by molar-refractivity contribution is 6.05. The van der Waals surface area contributed by atoms with Gasteiger partial charge in [-0.15, -0.1) is 0 Å². The normalized spacial score (nSPS) is 20.0. The molecule has 1 aromatic rings. The summed E-state index contributed by atoms with van der Waals surface area (Å²) >= 11 is 0. The molecule has 0 bridgehead atoms. The maximum Gasteiger partial charge on any atom is 0.324 e. The summed E-state index contributed by atoms with van der Waals surface area (Å²) in [5.74, 6) is -0.512. The number of methoxy groups -OCH3 is 1. The van der Waals surface area contributed by atoms with Crippen LogP contribution in [0.5, 0.6) is 0 Å². The minimum atomic E-state index is -0.807. The first-order valence-electron chi connectivity index (χ1n) is 9.98. The van der Waals surface area contributed by atoms with Crippen molar-refractivity contribution in [2.45, 2.75) is 38.1 Å². The molecular formula is C21H27N3O5. The Labute approximate surface area is 170 Å². The molecule has 2 aliphatic heterocycles. The molecule has 1 aromatic carbocycles. The molecule has 0 saturated carbocycles. The van der Waals surface area contributed by atoms with Crippen LogP contribution in [0.25, 0.3) is 0 Å². The highest BCUT2D eigenvalue weighted by atomic mass is 16.5. The number of piperidine rings is 1. The van der Waals surface area contributed by atoms with Crippen molar-refractivity contribution in [1.29, 1.82) is 0 Å². The first kappa shape index (κ1) is 20.8. The van der Waals surface area contributed by atoms with Crippen LogP contribution in [0.1, 0.15) is 31.2 Å². The van der Waals surface area contributed by atoms with E-state index >= 15 is 0 Å². The third-order valence-electron chi connectivity index (χ3n) is 5.60. The molecule has 0 aromatic heterocycles. The van der Waals surface area contributed by atoms with Gasteiger partial charge < -0.3 is 15.0 Å². The maximum absolute atomic E-state index is 12.6. The molecule has 0 aliphatic carbocycles. The van der Waals surface area contributed by atoms with Gasteiger partial charge in [-0.2, -0.15) is 0 Å². The lowest BCUT2D eigenvalue weighted by Crippen LogP contribution is -2.43. The number of carbonyl (C=O) groups is 4. The first-order chi connectivity index (χ1) is 14.0. The minimum absolute atomic E-state index is 0.0337. The molecule has 8 heteroatoms. The van der Waals surface area contributed by atoms with Gasteiger partial charge in [0.2, 0.25) is 5.91 Å². The van der Waals surface area contributed by atoms with Gasteiger partial charge in [-0.1, -0.05) is 30.3 Å². The molecule has 2 aliphatic rings. The third-order valence-corrected chi connectivity index (χ3v) is 5.60. The lowest BCUT2D eigenvalue weighted by atomic mass is 9.93. The Hall–Kier alpha value is -2.90. The van der Waals surface area contributed by atoms with E-state index in [0.717, 1.165) is 18.4 Å². The molecule has 0 radical (unpaired) electrons. The highest BCUT2D eigenvalue weighted by Gasteiger charge is 2.39. The van der Waals surface area contributed by atoms with Crippen LogP contribution >= 0.6 is 0 Å². The quantitative estimate of drug-likeness (QED) is 0.549. The molecular weight excluding hydrogens is 374 g/mol. The topological polar surface area (TPSA) is 96.0 Å². The molecule has 2 fully saturated rings. The summed E-state index contributed by atoms with van der Waals surface area (Å²) in [5.41, 5.74) is 1.04. The van der Waals surface area contributed by atoms with E-state index in [9.17, 15) is 19.2 Å². The van der Waals surface area contributed by atoms with Crippen molar-refractivity contribution in [3.63, 3.8) is 0 Å². The summed E-state index contributed by atoms with van der Waals surface area (Å²) in [6, 6.07) is 8.39. The molecule has 1 N–H and O–H groups in total. The number of carbonyl (C=O) groups excluding carboxylic acids is 4. The van der Waals surface area contributed by atoms with Crippen LogP contribution in [-0.4, -0.2) is 66.4 Å². The Morgan fingerprint density at radius 3 is 2.45 bits per heavy atom. The number of hydrogen-bond donors (Lipinski definition) is 1. The zero-order valence-corrected chi connectivity index (χ0v) is 16.6. The van der Waals surface area contributed by atoms with Crippen LogP contribution in [0.15, 0.2) is 30.3 Å². The molecule has 0 spiro atoms. The molecule has 2 heterocycles. The number of hydrogen-bond acceptors (Lipinski definition) is 5. The Kier molecular flexibility index (Phi) is 6.85. The number of urea groups is 1. The van der Waals surface area contributed by atoms with Crippen molar-refractivity contribution in [1.82, 2.24) is 15.1 Å². The number of likely N-dealkylation sites (tertiary alicyclic amines) is 1. The largest absolute Gasteiger partial charge is 0.469 e. The van der Waals surface area contributed by atoms with Crippen LogP contribution in [0.3, 0.4) is 0 Å². The van der Waals surface area contributed by atoms with Gasteiger partial charge in [0, 0.05) is 26.1 Å². The van der Waals surface area contributed by atoms with Crippen LogP contribution < -0.4 is 5.32 Å². The summed E-state index contributed by atoms with van der Waals surface area (Å²) < 4.78 is 4.69. The minimum Gasteiger partial charge on any atom is -0.469 e. The monoisotopic (exact) mass is 401 g/mol. The lowest BCUT2D eigenvalue weighted by Gasteiger charge is -2.32. The number of amides is 4. The number of nitrogens with one attached hydrogen (secondary N) is 1. The van der Waals surface area contributed by atoms with Crippen molar-refractivity contribution >= 4 is 23.8 Å². The number of imide groups is 1. The van der Waals surface area contributed by atoms with E-state index in [4.69, 9.17) is 4.74 Å². The zero-order valence-electron chi connectivity index (χ0n) is 16.6. The smallest absolute Gasteiger partial charge is 0.324 e. The Bertz CT molecular complexity index is 759. The molecule has 156 valence electrons. The van der Waals surface area contributed by atoms with Gasteiger partial charge in [-0.3, -0.25) is 19.3 Å². The average molecular weight is 401 g/mol. The summed E-state index contributed by atoms with van der Waals surface area (Å²) in [6.45, 7) is 1.39. The number of rotatable bonds is 7. The second-order valence-electron chi connectivity index (χ2n) is 7.54. The van der Waals surface area contributed by atoms with Gasteiger partial charge in [0.15, 0.2) is 0 Å². The van der Waals surface area contributed by atoms with Crippen molar-refractivity contribution in [3.05, 3.63) is 35.9 Å². The highest BCUT2D eigenvalue weighted by Crippen LogP contribution is 2.22. The summed E-state index contributed by atoms with van der Waals surface area (Å²) in [4.78, 5) is 51.6. The van der Waals surface area contributed by atoms with Crippen molar-refractivity contribution < 1.29 is 23.9 Å². The predicted octanol–water partition coefficient (Wildman–Crippen LogP) is 1.34. The average Bonchev–Trinajstić information content (AvgIpc) is 3.00. The van der Waals surface area contributed by atoms with E-state index in [-0.39, 0.29) is 36.7 Å². The summed E-state index contributed by atoms with van der Waals surface area (Å²) in [6.07, 6.45) is 2.37. The van der Waals surface area contributed by atoms with E-state index in [1.165, 1.54) is 12.0 Å². The molecule has 29 heavy (non-hydrogen) atoms. The lowest BCUT2D eigenvalue weighted by molar-refractivity contribution is -0.142. The molecule has 8 nitrogen and oxygen atoms in total. The fourth-order valence-corrected chi connectivity index (χ4v) is 3.82. The van der Waals surface area contributed by atoms with Gasteiger partial charge in [-0.25, -0.2) is 4.79 Å². The molecule has 2 saturated heterocycles. The summed E-state index contributed by atoms with van der Waals surface area (Å²) in [5, 5.41) is 2.63. The van der Waals surface area contributed by atoms with Crippen molar-refractivity contribution in [2.24, 2.45) is 5.92 Å². The van der Waals surface area contributed by atoms with Gasteiger partial charge in [0.1, 0.15) is 6.04 Å². The van der Waals surface area contributed by atoms with Gasteiger partial charge >= 0.3 is 12.0 Å². The summed E-state index contributed by atoms with van der Waals surface area (Å²) in [7, 11) is 1.37. The maximum atomic E-state index is 12.6. The number of esters is 1. The van der Waals surface area contributed by atoms with Crippen molar-refractivity contribution in [2.75, 3.05) is 26.7 Å². The third kappa shape index (κ3) is 5.34. The van der Waals surface area contributed by atoms with E-state index in [1.54, 1.807) is 4.90 Å². The van der Waals surface area contributed by atoms with Gasteiger partial charge in [-0.05, 0) is 30.7 Å². The number of ether oxygens (including phenoxy) is 1. The van der Waals surface area contributed by atoms with E-state index in [0.29, 0.717) is 25.9 Å². The van der Waals surface area contributed by atoms with Gasteiger partial charge in [0.05, 0.1) is 13.5 Å². The Morgan fingerprint density at radius 1 is 1.10 bits per heavy atom. The van der Waals surface area contributed by atoms with Crippen LogP contribution in [-0.2, 0) is 25.5 Å². The van der Waals surface area contributed by atoms with Crippen molar-refractivity contribution in [3.8, 4) is 0 Å². The number of nitrogens with zero attached hydrogens (tertiary/aromatic N) is 2. The fraction of sp³-hybridized carbons (Fsp3) is 0.524. The molecule has 1 atom stereocenters. The number of benzene rings is 1. The van der Waals surface area contributed by atoms with Crippen LogP contribution in [0.4, 0.5) is 4.79 Å². The first-order valence-corrected chi connectivity index (χ1v) is 9.98. The van der Waals surface area contributed by atoms with Crippen LogP contribution in [0, 0.1) is 5.92 Å². The second kappa shape index (κ2) is 9.54.